The molecule has 0 atom stereocenters. The molecule has 1 aromatic rings. The number of halogens is 3. The van der Waals surface area contributed by atoms with Crippen LogP contribution in [0.3, 0.4) is 0 Å². The number of aromatic nitrogens is 2. The fourth-order valence-corrected chi connectivity index (χ4v) is 2.59. The third-order valence-corrected chi connectivity index (χ3v) is 3.72. The zero-order chi connectivity index (χ0) is 13.2. The lowest BCUT2D eigenvalue weighted by Crippen LogP contribution is -2.37. The van der Waals surface area contributed by atoms with E-state index in [1.807, 2.05) is 0 Å². The predicted octanol–water partition coefficient (Wildman–Crippen LogP) is 2.66. The van der Waals surface area contributed by atoms with Gasteiger partial charge in [-0.25, -0.2) is 9.97 Å². The second-order valence-electron chi connectivity index (χ2n) is 4.84. The highest BCUT2D eigenvalue weighted by atomic mass is 19.4. The number of rotatable bonds is 2. The van der Waals surface area contributed by atoms with Crippen molar-refractivity contribution in [2.45, 2.75) is 43.7 Å². The van der Waals surface area contributed by atoms with Crippen LogP contribution in [0, 0.1) is 0 Å². The van der Waals surface area contributed by atoms with Gasteiger partial charge in [-0.3, -0.25) is 0 Å². The molecule has 100 valence electrons. The summed E-state index contributed by atoms with van der Waals surface area (Å²) in [6, 6.07) is 0. The molecule has 1 aliphatic carbocycles. The molecule has 1 saturated carbocycles. The monoisotopic (exact) mass is 259 g/mol. The Morgan fingerprint density at radius 3 is 2.11 bits per heavy atom. The summed E-state index contributed by atoms with van der Waals surface area (Å²) < 4.78 is 37.2. The van der Waals surface area contributed by atoms with Gasteiger partial charge in [0.2, 0.25) is 5.82 Å². The summed E-state index contributed by atoms with van der Waals surface area (Å²) >= 11 is 0. The molecule has 0 unspecified atom stereocenters. The van der Waals surface area contributed by atoms with Gasteiger partial charge in [-0.2, -0.15) is 13.2 Å². The van der Waals surface area contributed by atoms with Crippen LogP contribution in [0.2, 0.25) is 0 Å². The molecule has 3 nitrogen and oxygen atoms in total. The van der Waals surface area contributed by atoms with Crippen molar-refractivity contribution in [1.29, 1.82) is 0 Å². The fraction of sp³-hybridized carbons (Fsp3) is 0.667. The molecule has 0 aromatic carbocycles. The Bertz CT molecular complexity index is 394. The van der Waals surface area contributed by atoms with Crippen LogP contribution >= 0.6 is 0 Å². The van der Waals surface area contributed by atoms with Gasteiger partial charge >= 0.3 is 6.18 Å². The van der Waals surface area contributed by atoms with Crippen molar-refractivity contribution in [2.24, 2.45) is 5.73 Å². The summed E-state index contributed by atoms with van der Waals surface area (Å²) in [5, 5.41) is 0. The molecule has 1 heterocycles. The minimum absolute atomic E-state index is 0.234. The maximum Gasteiger partial charge on any atom is 0.451 e. The first kappa shape index (κ1) is 13.3. The lowest BCUT2D eigenvalue weighted by atomic mass is 9.70. The minimum Gasteiger partial charge on any atom is -0.330 e. The zero-order valence-corrected chi connectivity index (χ0v) is 10.0. The number of alkyl halides is 3. The molecule has 1 fully saturated rings. The molecule has 1 aliphatic rings. The molecule has 2 N–H and O–H groups in total. The van der Waals surface area contributed by atoms with Crippen molar-refractivity contribution in [3.63, 3.8) is 0 Å². The van der Waals surface area contributed by atoms with E-state index in [1.54, 1.807) is 0 Å². The van der Waals surface area contributed by atoms with Crippen LogP contribution in [-0.4, -0.2) is 16.5 Å². The third-order valence-electron chi connectivity index (χ3n) is 3.72. The van der Waals surface area contributed by atoms with Gasteiger partial charge in [0.05, 0.1) is 0 Å². The van der Waals surface area contributed by atoms with Gasteiger partial charge in [-0.15, -0.1) is 0 Å². The van der Waals surface area contributed by atoms with Crippen LogP contribution in [0.15, 0.2) is 12.4 Å². The van der Waals surface area contributed by atoms with Crippen LogP contribution in [0.25, 0.3) is 0 Å². The van der Waals surface area contributed by atoms with Crippen LogP contribution < -0.4 is 5.73 Å². The number of hydrogen-bond acceptors (Lipinski definition) is 3. The molecular formula is C12H16F3N3. The SMILES string of the molecule is NCC1(c2cnc(C(F)(F)F)nc2)CCCCC1. The summed E-state index contributed by atoms with van der Waals surface area (Å²) in [6.07, 6.45) is 3.15. The maximum atomic E-state index is 12.4. The standard InChI is InChI=1S/C12H16F3N3/c13-12(14,15)10-17-6-9(7-18-10)11(8-16)4-2-1-3-5-11/h6-7H,1-5,8,16H2. The Hall–Kier alpha value is -1.17. The first-order valence-corrected chi connectivity index (χ1v) is 6.08. The Morgan fingerprint density at radius 2 is 1.67 bits per heavy atom. The molecule has 0 bridgehead atoms. The Morgan fingerprint density at radius 1 is 1.11 bits per heavy atom. The van der Waals surface area contributed by atoms with E-state index in [2.05, 4.69) is 9.97 Å². The highest BCUT2D eigenvalue weighted by Gasteiger charge is 2.37. The molecule has 0 saturated heterocycles. The van der Waals surface area contributed by atoms with Gasteiger partial charge in [0.25, 0.3) is 0 Å². The summed E-state index contributed by atoms with van der Waals surface area (Å²) in [5.74, 6) is -1.09. The average Bonchev–Trinajstić information content (AvgIpc) is 2.39. The second-order valence-corrected chi connectivity index (χ2v) is 4.84. The molecule has 0 spiro atoms. The Kier molecular flexibility index (Phi) is 3.56. The lowest BCUT2D eigenvalue weighted by Gasteiger charge is -2.36. The van der Waals surface area contributed by atoms with Gasteiger partial charge < -0.3 is 5.73 Å². The van der Waals surface area contributed by atoms with Gasteiger partial charge in [-0.1, -0.05) is 19.3 Å². The lowest BCUT2D eigenvalue weighted by molar-refractivity contribution is -0.145. The topological polar surface area (TPSA) is 51.8 Å². The van der Waals surface area contributed by atoms with Crippen molar-refractivity contribution in [1.82, 2.24) is 9.97 Å². The van der Waals surface area contributed by atoms with Crippen LogP contribution in [0.1, 0.15) is 43.5 Å². The highest BCUT2D eigenvalue weighted by molar-refractivity contribution is 5.21. The summed E-state index contributed by atoms with van der Waals surface area (Å²) in [4.78, 5) is 6.85. The van der Waals surface area contributed by atoms with Crippen LogP contribution in [0.5, 0.6) is 0 Å². The first-order chi connectivity index (χ1) is 8.48. The van der Waals surface area contributed by atoms with Gasteiger partial charge in [0.1, 0.15) is 0 Å². The van der Waals surface area contributed by atoms with Gasteiger partial charge in [-0.05, 0) is 18.4 Å². The zero-order valence-electron chi connectivity index (χ0n) is 10.0. The number of nitrogens with zero attached hydrogens (tertiary/aromatic N) is 2. The maximum absolute atomic E-state index is 12.4. The van der Waals surface area contributed by atoms with Crippen molar-refractivity contribution in [3.05, 3.63) is 23.8 Å². The largest absolute Gasteiger partial charge is 0.451 e. The highest BCUT2D eigenvalue weighted by Crippen LogP contribution is 2.38. The van der Waals surface area contributed by atoms with Crippen molar-refractivity contribution >= 4 is 0 Å². The summed E-state index contributed by atoms with van der Waals surface area (Å²) in [6.45, 7) is 0.432. The first-order valence-electron chi connectivity index (χ1n) is 6.08. The summed E-state index contributed by atoms with van der Waals surface area (Å²) in [7, 11) is 0. The van der Waals surface area contributed by atoms with E-state index >= 15 is 0 Å². The van der Waals surface area contributed by atoms with Crippen molar-refractivity contribution in [2.75, 3.05) is 6.54 Å². The predicted molar refractivity (Wildman–Crippen MR) is 60.9 cm³/mol. The van der Waals surface area contributed by atoms with E-state index < -0.39 is 12.0 Å². The molecule has 0 radical (unpaired) electrons. The smallest absolute Gasteiger partial charge is 0.330 e. The van der Waals surface area contributed by atoms with E-state index in [-0.39, 0.29) is 5.41 Å². The fourth-order valence-electron chi connectivity index (χ4n) is 2.59. The third kappa shape index (κ3) is 2.48. The number of nitrogens with two attached hydrogens (primary N) is 1. The van der Waals surface area contributed by atoms with Crippen LogP contribution in [-0.2, 0) is 11.6 Å². The second kappa shape index (κ2) is 4.84. The number of hydrogen-bond donors (Lipinski definition) is 1. The van der Waals surface area contributed by atoms with Gasteiger partial charge in [0, 0.05) is 24.4 Å². The molecule has 2 rings (SSSR count). The summed E-state index contributed by atoms with van der Waals surface area (Å²) in [5.41, 5.74) is 6.32. The van der Waals surface area contributed by atoms with E-state index in [9.17, 15) is 13.2 Å². The van der Waals surface area contributed by atoms with E-state index in [0.717, 1.165) is 37.7 Å². The molecule has 18 heavy (non-hydrogen) atoms. The normalized spacial score (nSPS) is 19.8. The molecule has 6 heteroatoms. The molecule has 1 aromatic heterocycles. The Balaban J connectivity index is 2.27. The molecular weight excluding hydrogens is 243 g/mol. The van der Waals surface area contributed by atoms with E-state index in [0.29, 0.717) is 6.54 Å². The van der Waals surface area contributed by atoms with Gasteiger partial charge in [0.15, 0.2) is 0 Å². The van der Waals surface area contributed by atoms with E-state index in [4.69, 9.17) is 5.73 Å². The minimum atomic E-state index is -4.49. The average molecular weight is 259 g/mol. The molecule has 0 aliphatic heterocycles. The molecule has 0 amide bonds. The van der Waals surface area contributed by atoms with Crippen molar-refractivity contribution < 1.29 is 13.2 Å². The Labute approximate surface area is 104 Å². The van der Waals surface area contributed by atoms with Crippen LogP contribution in [0.4, 0.5) is 13.2 Å². The van der Waals surface area contributed by atoms with E-state index in [1.165, 1.54) is 12.4 Å². The quantitative estimate of drug-likeness (QED) is 0.888. The van der Waals surface area contributed by atoms with Crippen molar-refractivity contribution in [3.8, 4) is 0 Å².